The molecule has 20 heavy (non-hydrogen) atoms. The molecule has 2 rings (SSSR count). The molecule has 0 aliphatic rings. The van der Waals surface area contributed by atoms with Crippen molar-refractivity contribution in [2.45, 2.75) is 6.10 Å². The Balaban J connectivity index is 2.12. The summed E-state index contributed by atoms with van der Waals surface area (Å²) < 4.78 is 4.61. The number of ether oxygens (including phenoxy) is 1. The third kappa shape index (κ3) is 3.47. The highest BCUT2D eigenvalue weighted by Crippen LogP contribution is 2.13. The van der Waals surface area contributed by atoms with E-state index in [-0.39, 0.29) is 0 Å². The van der Waals surface area contributed by atoms with E-state index in [0.717, 1.165) is 5.56 Å². The van der Waals surface area contributed by atoms with E-state index in [1.807, 2.05) is 30.3 Å². The molecule has 2 aromatic carbocycles. The lowest BCUT2D eigenvalue weighted by molar-refractivity contribution is 0.0600. The monoisotopic (exact) mass is 266 g/mol. The molecule has 100 valence electrons. The van der Waals surface area contributed by atoms with E-state index in [1.165, 1.54) is 7.11 Å². The predicted molar refractivity (Wildman–Crippen MR) is 76.1 cm³/mol. The highest BCUT2D eigenvalue weighted by Gasteiger charge is 2.07. The first-order valence-electron chi connectivity index (χ1n) is 6.13. The number of aliphatic hydroxyl groups excluding tert-OH is 1. The first kappa shape index (κ1) is 13.9. The second kappa shape index (κ2) is 6.55. The van der Waals surface area contributed by atoms with Gasteiger partial charge in [-0.1, -0.05) is 42.2 Å². The number of hydrogen-bond donors (Lipinski definition) is 1. The van der Waals surface area contributed by atoms with E-state index in [1.54, 1.807) is 24.3 Å². The molecule has 0 radical (unpaired) electrons. The summed E-state index contributed by atoms with van der Waals surface area (Å²) in [7, 11) is 1.33. The van der Waals surface area contributed by atoms with Crippen LogP contribution >= 0.6 is 0 Å². The van der Waals surface area contributed by atoms with Crippen molar-refractivity contribution >= 4 is 5.97 Å². The van der Waals surface area contributed by atoms with Crippen LogP contribution in [-0.2, 0) is 4.74 Å². The van der Waals surface area contributed by atoms with Crippen LogP contribution in [0.3, 0.4) is 0 Å². The minimum atomic E-state index is -0.887. The van der Waals surface area contributed by atoms with Crippen molar-refractivity contribution in [3.63, 3.8) is 0 Å². The van der Waals surface area contributed by atoms with Crippen molar-refractivity contribution < 1.29 is 14.6 Å². The molecule has 0 aliphatic carbocycles. The predicted octanol–water partition coefficient (Wildman–Crippen LogP) is 2.56. The van der Waals surface area contributed by atoms with Gasteiger partial charge in [0.05, 0.1) is 12.7 Å². The molecular formula is C17H14O3. The minimum Gasteiger partial charge on any atom is -0.465 e. The first-order valence-corrected chi connectivity index (χ1v) is 6.13. The molecule has 3 nitrogen and oxygen atoms in total. The number of esters is 1. The molecule has 0 bridgehead atoms. The summed E-state index contributed by atoms with van der Waals surface area (Å²) in [6, 6.07) is 16.0. The third-order valence-corrected chi connectivity index (χ3v) is 2.77. The highest BCUT2D eigenvalue weighted by molar-refractivity contribution is 5.89. The molecule has 0 spiro atoms. The summed E-state index contributed by atoms with van der Waals surface area (Å²) in [5.41, 5.74) is 1.93. The molecule has 0 aliphatic heterocycles. The van der Waals surface area contributed by atoms with Gasteiger partial charge in [0.25, 0.3) is 0 Å². The zero-order valence-electron chi connectivity index (χ0n) is 11.0. The van der Waals surface area contributed by atoms with Crippen LogP contribution < -0.4 is 0 Å². The molecule has 3 heteroatoms. The number of carbonyl (C=O) groups is 1. The van der Waals surface area contributed by atoms with Gasteiger partial charge in [-0.15, -0.1) is 0 Å². The van der Waals surface area contributed by atoms with E-state index >= 15 is 0 Å². The fourth-order valence-corrected chi connectivity index (χ4v) is 1.68. The zero-order chi connectivity index (χ0) is 14.4. The van der Waals surface area contributed by atoms with Crippen LogP contribution in [0, 0.1) is 11.8 Å². The summed E-state index contributed by atoms with van der Waals surface area (Å²) in [6.45, 7) is 0. The van der Waals surface area contributed by atoms with Crippen molar-refractivity contribution in [3.05, 3.63) is 71.3 Å². The summed E-state index contributed by atoms with van der Waals surface area (Å²) in [4.78, 5) is 11.3. The van der Waals surface area contributed by atoms with E-state index in [0.29, 0.717) is 11.1 Å². The van der Waals surface area contributed by atoms with Gasteiger partial charge in [-0.05, 0) is 29.8 Å². The normalized spacial score (nSPS) is 11.1. The van der Waals surface area contributed by atoms with Crippen molar-refractivity contribution in [1.82, 2.24) is 0 Å². The molecular weight excluding hydrogens is 252 g/mol. The SMILES string of the molecule is COC(=O)c1ccc([C@H](O)C#Cc2ccccc2)cc1. The number of benzene rings is 2. The van der Waals surface area contributed by atoms with E-state index in [9.17, 15) is 9.90 Å². The van der Waals surface area contributed by atoms with Gasteiger partial charge >= 0.3 is 5.97 Å². The second-order valence-electron chi connectivity index (χ2n) is 4.15. The molecule has 0 unspecified atom stereocenters. The Kier molecular flexibility index (Phi) is 4.54. The van der Waals surface area contributed by atoms with E-state index in [2.05, 4.69) is 16.6 Å². The van der Waals surface area contributed by atoms with Gasteiger partial charge in [0, 0.05) is 5.56 Å². The molecule has 2 aromatic rings. The average Bonchev–Trinajstić information content (AvgIpc) is 2.53. The van der Waals surface area contributed by atoms with E-state index in [4.69, 9.17) is 0 Å². The second-order valence-corrected chi connectivity index (χ2v) is 4.15. The summed E-state index contributed by atoms with van der Waals surface area (Å²) >= 11 is 0. The van der Waals surface area contributed by atoms with E-state index < -0.39 is 12.1 Å². The molecule has 0 amide bonds. The fraction of sp³-hybridized carbons (Fsp3) is 0.118. The fourth-order valence-electron chi connectivity index (χ4n) is 1.68. The number of carbonyl (C=O) groups excluding carboxylic acids is 1. The zero-order valence-corrected chi connectivity index (χ0v) is 11.0. The Morgan fingerprint density at radius 1 is 1.10 bits per heavy atom. The van der Waals surface area contributed by atoms with Crippen LogP contribution in [0.25, 0.3) is 0 Å². The molecule has 0 saturated carbocycles. The maximum absolute atomic E-state index is 11.3. The van der Waals surface area contributed by atoms with Crippen molar-refractivity contribution in [1.29, 1.82) is 0 Å². The lowest BCUT2D eigenvalue weighted by Crippen LogP contribution is -2.02. The summed E-state index contributed by atoms with van der Waals surface area (Å²) in [5, 5.41) is 9.98. The number of hydrogen-bond acceptors (Lipinski definition) is 3. The van der Waals surface area contributed by atoms with Crippen LogP contribution in [-0.4, -0.2) is 18.2 Å². The quantitative estimate of drug-likeness (QED) is 0.671. The Morgan fingerprint density at radius 2 is 1.75 bits per heavy atom. The molecule has 0 saturated heterocycles. The minimum absolute atomic E-state index is 0.401. The Hall–Kier alpha value is -2.57. The number of rotatable bonds is 2. The maximum Gasteiger partial charge on any atom is 0.337 e. The topological polar surface area (TPSA) is 46.5 Å². The maximum atomic E-state index is 11.3. The largest absolute Gasteiger partial charge is 0.465 e. The van der Waals surface area contributed by atoms with Gasteiger partial charge < -0.3 is 9.84 Å². The van der Waals surface area contributed by atoms with Crippen LogP contribution in [0.5, 0.6) is 0 Å². The van der Waals surface area contributed by atoms with Crippen molar-refractivity contribution in [2.75, 3.05) is 7.11 Å². The smallest absolute Gasteiger partial charge is 0.337 e. The lowest BCUT2D eigenvalue weighted by atomic mass is 10.1. The van der Waals surface area contributed by atoms with Crippen LogP contribution in [0.15, 0.2) is 54.6 Å². The van der Waals surface area contributed by atoms with Crippen molar-refractivity contribution in [2.24, 2.45) is 0 Å². The van der Waals surface area contributed by atoms with Gasteiger partial charge in [-0.2, -0.15) is 0 Å². The lowest BCUT2D eigenvalue weighted by Gasteiger charge is -2.04. The number of aliphatic hydroxyl groups is 1. The summed E-state index contributed by atoms with van der Waals surface area (Å²) in [5.74, 6) is 5.27. The molecule has 1 N–H and O–H groups in total. The standard InChI is InChI=1S/C17H14O3/c1-20-17(19)15-10-8-14(9-11-15)16(18)12-7-13-5-3-2-4-6-13/h2-6,8-11,16,18H,1H3/t16-/m1/s1. The molecule has 0 aromatic heterocycles. The van der Waals surface area contributed by atoms with Gasteiger partial charge in [0.15, 0.2) is 0 Å². The Bertz CT molecular complexity index is 633. The Labute approximate surface area is 117 Å². The van der Waals surface area contributed by atoms with Gasteiger partial charge in [-0.25, -0.2) is 4.79 Å². The molecule has 0 fully saturated rings. The third-order valence-electron chi connectivity index (χ3n) is 2.77. The molecule has 0 heterocycles. The Morgan fingerprint density at radius 3 is 2.35 bits per heavy atom. The van der Waals surface area contributed by atoms with Crippen LogP contribution in [0.2, 0.25) is 0 Å². The van der Waals surface area contributed by atoms with Crippen LogP contribution in [0.4, 0.5) is 0 Å². The van der Waals surface area contributed by atoms with Gasteiger partial charge in [-0.3, -0.25) is 0 Å². The van der Waals surface area contributed by atoms with Gasteiger partial charge in [0.2, 0.25) is 0 Å². The number of methoxy groups -OCH3 is 1. The molecule has 1 atom stereocenters. The van der Waals surface area contributed by atoms with Crippen molar-refractivity contribution in [3.8, 4) is 11.8 Å². The van der Waals surface area contributed by atoms with Crippen LogP contribution in [0.1, 0.15) is 27.6 Å². The van der Waals surface area contributed by atoms with Gasteiger partial charge in [0.1, 0.15) is 6.10 Å². The first-order chi connectivity index (χ1) is 9.70. The summed E-state index contributed by atoms with van der Waals surface area (Å²) in [6.07, 6.45) is -0.887. The highest BCUT2D eigenvalue weighted by atomic mass is 16.5. The average molecular weight is 266 g/mol.